The molecule has 0 aromatic heterocycles. The van der Waals surface area contributed by atoms with E-state index in [2.05, 4.69) is 4.74 Å². The smallest absolute Gasteiger partial charge is 0.305 e. The van der Waals surface area contributed by atoms with E-state index in [4.69, 9.17) is 9.47 Å². The van der Waals surface area contributed by atoms with Crippen LogP contribution in [0.3, 0.4) is 0 Å². The number of methoxy groups -OCH3 is 2. The fraction of sp³-hybridized carbons (Fsp3) is 0.385. The number of esters is 1. The fourth-order valence-corrected chi connectivity index (χ4v) is 1.43. The van der Waals surface area contributed by atoms with Gasteiger partial charge in [-0.3, -0.25) is 9.59 Å². The highest BCUT2D eigenvalue weighted by Crippen LogP contribution is 2.30. The van der Waals surface area contributed by atoms with Crippen LogP contribution in [0.1, 0.15) is 23.2 Å². The monoisotopic (exact) mass is 252 g/mol. The predicted octanol–water partition coefficient (Wildman–Crippen LogP) is 1.84. The Kier molecular flexibility index (Phi) is 5.70. The third-order valence-corrected chi connectivity index (χ3v) is 2.36. The SMILES string of the molecule is COC(=O)CCCOc1c(C=O)cccc1OC. The second kappa shape index (κ2) is 7.32. The molecule has 0 amide bonds. The molecule has 5 heteroatoms. The lowest BCUT2D eigenvalue weighted by Gasteiger charge is -2.12. The van der Waals surface area contributed by atoms with Crippen molar-refractivity contribution in [2.45, 2.75) is 12.8 Å². The maximum absolute atomic E-state index is 10.9. The van der Waals surface area contributed by atoms with Gasteiger partial charge in [0.05, 0.1) is 26.4 Å². The van der Waals surface area contributed by atoms with Gasteiger partial charge in [-0.2, -0.15) is 0 Å². The third kappa shape index (κ3) is 3.76. The largest absolute Gasteiger partial charge is 0.493 e. The van der Waals surface area contributed by atoms with Gasteiger partial charge in [-0.25, -0.2) is 0 Å². The summed E-state index contributed by atoms with van der Waals surface area (Å²) in [6, 6.07) is 5.07. The Morgan fingerprint density at radius 1 is 1.33 bits per heavy atom. The molecule has 0 unspecified atom stereocenters. The van der Waals surface area contributed by atoms with E-state index in [1.807, 2.05) is 0 Å². The summed E-state index contributed by atoms with van der Waals surface area (Å²) in [7, 11) is 2.85. The van der Waals surface area contributed by atoms with Crippen molar-refractivity contribution in [3.63, 3.8) is 0 Å². The van der Waals surface area contributed by atoms with E-state index in [1.165, 1.54) is 14.2 Å². The van der Waals surface area contributed by atoms with Crippen LogP contribution in [0.5, 0.6) is 11.5 Å². The summed E-state index contributed by atoms with van der Waals surface area (Å²) in [5.41, 5.74) is 0.424. The molecule has 0 saturated carbocycles. The van der Waals surface area contributed by atoms with Crippen LogP contribution in [-0.4, -0.2) is 33.1 Å². The lowest BCUT2D eigenvalue weighted by atomic mass is 10.2. The minimum atomic E-state index is -0.283. The van der Waals surface area contributed by atoms with Crippen molar-refractivity contribution in [1.29, 1.82) is 0 Å². The van der Waals surface area contributed by atoms with Crippen LogP contribution in [0, 0.1) is 0 Å². The molecule has 0 aliphatic carbocycles. The van der Waals surface area contributed by atoms with Crippen molar-refractivity contribution < 1.29 is 23.8 Å². The number of para-hydroxylation sites is 1. The normalized spacial score (nSPS) is 9.67. The summed E-state index contributed by atoms with van der Waals surface area (Å²) in [4.78, 5) is 21.8. The first-order valence-electron chi connectivity index (χ1n) is 5.54. The Morgan fingerprint density at radius 2 is 2.11 bits per heavy atom. The first-order valence-corrected chi connectivity index (χ1v) is 5.54. The van der Waals surface area contributed by atoms with Crippen molar-refractivity contribution in [2.75, 3.05) is 20.8 Å². The van der Waals surface area contributed by atoms with Gasteiger partial charge < -0.3 is 14.2 Å². The standard InChI is InChI=1S/C13H16O5/c1-16-11-6-3-5-10(9-14)13(11)18-8-4-7-12(15)17-2/h3,5-6,9H,4,7-8H2,1-2H3. The molecule has 1 aromatic carbocycles. The summed E-state index contributed by atoms with van der Waals surface area (Å²) in [6.07, 6.45) is 1.50. The summed E-state index contributed by atoms with van der Waals surface area (Å²) in [5.74, 6) is 0.617. The first kappa shape index (κ1) is 14.0. The molecule has 18 heavy (non-hydrogen) atoms. The van der Waals surface area contributed by atoms with Crippen molar-refractivity contribution in [2.24, 2.45) is 0 Å². The second-order valence-corrected chi connectivity index (χ2v) is 3.52. The van der Waals surface area contributed by atoms with Gasteiger partial charge in [0.2, 0.25) is 0 Å². The van der Waals surface area contributed by atoms with Gasteiger partial charge in [-0.1, -0.05) is 6.07 Å². The van der Waals surface area contributed by atoms with Crippen LogP contribution in [-0.2, 0) is 9.53 Å². The minimum Gasteiger partial charge on any atom is -0.493 e. The zero-order chi connectivity index (χ0) is 13.4. The highest BCUT2D eigenvalue weighted by molar-refractivity contribution is 5.81. The molecular formula is C13H16O5. The van der Waals surface area contributed by atoms with Crippen LogP contribution >= 0.6 is 0 Å². The van der Waals surface area contributed by atoms with E-state index < -0.39 is 0 Å². The molecule has 0 atom stereocenters. The zero-order valence-corrected chi connectivity index (χ0v) is 10.5. The van der Waals surface area contributed by atoms with Gasteiger partial charge in [0.25, 0.3) is 0 Å². The molecule has 1 rings (SSSR count). The van der Waals surface area contributed by atoms with Gasteiger partial charge >= 0.3 is 5.97 Å². The highest BCUT2D eigenvalue weighted by atomic mass is 16.5. The number of hydrogen-bond donors (Lipinski definition) is 0. The number of ether oxygens (including phenoxy) is 3. The lowest BCUT2D eigenvalue weighted by Crippen LogP contribution is -2.06. The number of carbonyl (C=O) groups excluding carboxylic acids is 2. The maximum atomic E-state index is 10.9. The molecule has 0 radical (unpaired) electrons. The highest BCUT2D eigenvalue weighted by Gasteiger charge is 2.10. The van der Waals surface area contributed by atoms with E-state index in [9.17, 15) is 9.59 Å². The summed E-state index contributed by atoms with van der Waals surface area (Å²) in [6.45, 7) is 0.316. The molecule has 0 spiro atoms. The van der Waals surface area contributed by atoms with Crippen molar-refractivity contribution in [3.05, 3.63) is 23.8 Å². The third-order valence-electron chi connectivity index (χ3n) is 2.36. The topological polar surface area (TPSA) is 61.8 Å². The summed E-state index contributed by atoms with van der Waals surface area (Å²) < 4.78 is 15.1. The Hall–Kier alpha value is -2.04. The Balaban J connectivity index is 2.60. The van der Waals surface area contributed by atoms with E-state index in [0.29, 0.717) is 36.4 Å². The number of aldehydes is 1. The minimum absolute atomic E-state index is 0.280. The van der Waals surface area contributed by atoms with Crippen LogP contribution in [0.4, 0.5) is 0 Å². The molecule has 0 saturated heterocycles. The van der Waals surface area contributed by atoms with E-state index in [0.717, 1.165) is 0 Å². The van der Waals surface area contributed by atoms with Crippen LogP contribution in [0.15, 0.2) is 18.2 Å². The van der Waals surface area contributed by atoms with E-state index >= 15 is 0 Å². The van der Waals surface area contributed by atoms with Gasteiger partial charge in [0, 0.05) is 6.42 Å². The fourth-order valence-electron chi connectivity index (χ4n) is 1.43. The number of benzene rings is 1. The molecule has 98 valence electrons. The predicted molar refractivity (Wildman–Crippen MR) is 65.1 cm³/mol. The number of rotatable bonds is 7. The zero-order valence-electron chi connectivity index (χ0n) is 10.5. The number of carbonyl (C=O) groups is 2. The molecule has 0 fully saturated rings. The van der Waals surface area contributed by atoms with Gasteiger partial charge in [-0.15, -0.1) is 0 Å². The molecule has 5 nitrogen and oxygen atoms in total. The van der Waals surface area contributed by atoms with Crippen LogP contribution < -0.4 is 9.47 Å². The van der Waals surface area contributed by atoms with Crippen molar-refractivity contribution >= 4 is 12.3 Å². The van der Waals surface area contributed by atoms with Crippen LogP contribution in [0.2, 0.25) is 0 Å². The van der Waals surface area contributed by atoms with Crippen molar-refractivity contribution in [1.82, 2.24) is 0 Å². The van der Waals surface area contributed by atoms with Gasteiger partial charge in [0.1, 0.15) is 0 Å². The molecule has 1 aromatic rings. The second-order valence-electron chi connectivity index (χ2n) is 3.52. The summed E-state index contributed by atoms with van der Waals surface area (Å²) >= 11 is 0. The maximum Gasteiger partial charge on any atom is 0.305 e. The van der Waals surface area contributed by atoms with Gasteiger partial charge in [-0.05, 0) is 18.6 Å². The van der Waals surface area contributed by atoms with Gasteiger partial charge in [0.15, 0.2) is 17.8 Å². The summed E-state index contributed by atoms with van der Waals surface area (Å²) in [5, 5.41) is 0. The molecule has 0 aliphatic heterocycles. The molecular weight excluding hydrogens is 236 g/mol. The lowest BCUT2D eigenvalue weighted by molar-refractivity contribution is -0.140. The molecule has 0 N–H and O–H groups in total. The van der Waals surface area contributed by atoms with E-state index in [-0.39, 0.29) is 12.4 Å². The Labute approximate surface area is 106 Å². The Morgan fingerprint density at radius 3 is 2.72 bits per heavy atom. The number of hydrogen-bond acceptors (Lipinski definition) is 5. The molecule has 0 heterocycles. The Bertz CT molecular complexity index is 414. The van der Waals surface area contributed by atoms with Crippen LogP contribution in [0.25, 0.3) is 0 Å². The van der Waals surface area contributed by atoms with E-state index in [1.54, 1.807) is 18.2 Å². The molecule has 0 bridgehead atoms. The quantitative estimate of drug-likeness (QED) is 0.421. The molecule has 0 aliphatic rings. The first-order chi connectivity index (χ1) is 8.72. The average Bonchev–Trinajstić information content (AvgIpc) is 2.42. The average molecular weight is 252 g/mol. The van der Waals surface area contributed by atoms with Crippen molar-refractivity contribution in [3.8, 4) is 11.5 Å².